The highest BCUT2D eigenvalue weighted by Gasteiger charge is 2.26. The fourth-order valence-electron chi connectivity index (χ4n) is 2.29. The van der Waals surface area contributed by atoms with Crippen molar-refractivity contribution in [1.29, 1.82) is 0 Å². The lowest BCUT2D eigenvalue weighted by molar-refractivity contribution is -0.125. The highest BCUT2D eigenvalue weighted by molar-refractivity contribution is 5.91. The third kappa shape index (κ3) is 3.52. The van der Waals surface area contributed by atoms with E-state index in [-0.39, 0.29) is 12.0 Å². The number of rotatable bonds is 4. The van der Waals surface area contributed by atoms with E-state index >= 15 is 0 Å². The van der Waals surface area contributed by atoms with Gasteiger partial charge < -0.3 is 14.1 Å². The van der Waals surface area contributed by atoms with Gasteiger partial charge in [-0.3, -0.25) is 4.79 Å². The molecule has 1 unspecified atom stereocenters. The molecule has 0 spiro atoms. The van der Waals surface area contributed by atoms with Gasteiger partial charge in [-0.05, 0) is 31.2 Å². The van der Waals surface area contributed by atoms with Crippen molar-refractivity contribution in [3.05, 3.63) is 48.1 Å². The summed E-state index contributed by atoms with van der Waals surface area (Å²) in [6.07, 6.45) is 5.51. The first-order valence-electron chi connectivity index (χ1n) is 7.18. The van der Waals surface area contributed by atoms with Crippen LogP contribution in [0, 0.1) is 6.92 Å². The third-order valence-electron chi connectivity index (χ3n) is 3.45. The van der Waals surface area contributed by atoms with E-state index in [9.17, 15) is 4.79 Å². The van der Waals surface area contributed by atoms with Gasteiger partial charge in [0.2, 0.25) is 11.8 Å². The minimum absolute atomic E-state index is 0.0435. The predicted octanol–water partition coefficient (Wildman–Crippen LogP) is 2.07. The zero-order valence-corrected chi connectivity index (χ0v) is 12.3. The molecule has 114 valence electrons. The van der Waals surface area contributed by atoms with Crippen LogP contribution in [0.2, 0.25) is 0 Å². The van der Waals surface area contributed by atoms with Crippen molar-refractivity contribution in [2.75, 3.05) is 13.1 Å². The van der Waals surface area contributed by atoms with Crippen molar-refractivity contribution >= 4 is 12.0 Å². The number of carbonyl (C=O) groups is 1. The number of hydrogen-bond acceptors (Lipinski definition) is 5. The molecule has 0 aromatic carbocycles. The van der Waals surface area contributed by atoms with Gasteiger partial charge in [-0.1, -0.05) is 0 Å². The fraction of sp³-hybridized carbons (Fsp3) is 0.312. The molecule has 0 radical (unpaired) electrons. The summed E-state index contributed by atoms with van der Waals surface area (Å²) in [6.45, 7) is 3.10. The molecule has 0 saturated carbocycles. The number of aryl methyl sites for hydroxylation is 1. The molecular formula is C16H17N3O3. The topological polar surface area (TPSA) is 68.5 Å². The predicted molar refractivity (Wildman–Crippen MR) is 80.1 cm³/mol. The van der Waals surface area contributed by atoms with E-state index in [1.165, 1.54) is 6.08 Å². The number of carbonyl (C=O) groups excluding carboxylic acids is 1. The molecule has 3 heterocycles. The molecule has 3 rings (SSSR count). The number of aromatic nitrogens is 2. The zero-order chi connectivity index (χ0) is 15.4. The Morgan fingerprint density at radius 3 is 3.05 bits per heavy atom. The smallest absolute Gasteiger partial charge is 0.246 e. The maximum Gasteiger partial charge on any atom is 0.246 e. The summed E-state index contributed by atoms with van der Waals surface area (Å²) in [7, 11) is 0. The van der Waals surface area contributed by atoms with E-state index in [0.29, 0.717) is 24.7 Å². The van der Waals surface area contributed by atoms with Crippen molar-refractivity contribution in [1.82, 2.24) is 15.1 Å². The lowest BCUT2D eigenvalue weighted by Gasteiger charge is -2.15. The summed E-state index contributed by atoms with van der Waals surface area (Å²) in [6, 6.07) is 7.23. The van der Waals surface area contributed by atoms with Gasteiger partial charge in [0.15, 0.2) is 0 Å². The molecule has 6 nitrogen and oxygen atoms in total. The lowest BCUT2D eigenvalue weighted by Crippen LogP contribution is -2.29. The second kappa shape index (κ2) is 6.43. The number of amides is 1. The Bertz CT molecular complexity index is 650. The van der Waals surface area contributed by atoms with Gasteiger partial charge in [-0.25, -0.2) is 0 Å². The van der Waals surface area contributed by atoms with E-state index in [1.807, 2.05) is 13.0 Å². The van der Waals surface area contributed by atoms with Gasteiger partial charge in [0.1, 0.15) is 11.9 Å². The SMILES string of the molecule is Cc1ccc(OC2CCN(C(=O)/C=C/c3ccco3)C2)nn1. The molecule has 2 aromatic rings. The van der Waals surface area contributed by atoms with E-state index in [0.717, 1.165) is 12.1 Å². The van der Waals surface area contributed by atoms with Gasteiger partial charge in [0, 0.05) is 25.1 Å². The van der Waals surface area contributed by atoms with Gasteiger partial charge in [0.05, 0.1) is 18.5 Å². The highest BCUT2D eigenvalue weighted by Crippen LogP contribution is 2.16. The summed E-state index contributed by atoms with van der Waals surface area (Å²) in [5, 5.41) is 7.94. The molecule has 1 amide bonds. The Hall–Kier alpha value is -2.63. The maximum atomic E-state index is 12.1. The van der Waals surface area contributed by atoms with Gasteiger partial charge in [-0.2, -0.15) is 5.10 Å². The number of furan rings is 1. The fourth-order valence-corrected chi connectivity index (χ4v) is 2.29. The Morgan fingerprint density at radius 2 is 2.32 bits per heavy atom. The summed E-state index contributed by atoms with van der Waals surface area (Å²) in [5.74, 6) is 1.11. The molecule has 0 aliphatic carbocycles. The molecular weight excluding hydrogens is 282 g/mol. The molecule has 1 aliphatic rings. The van der Waals surface area contributed by atoms with Crippen molar-refractivity contribution in [3.8, 4) is 5.88 Å². The van der Waals surface area contributed by atoms with Crippen LogP contribution in [0.1, 0.15) is 17.9 Å². The van der Waals surface area contributed by atoms with Gasteiger partial charge >= 0.3 is 0 Å². The Labute approximate surface area is 128 Å². The minimum atomic E-state index is -0.0440. The number of ether oxygens (including phenoxy) is 1. The van der Waals surface area contributed by atoms with E-state index in [4.69, 9.17) is 9.15 Å². The summed E-state index contributed by atoms with van der Waals surface area (Å²) < 4.78 is 10.9. The van der Waals surface area contributed by atoms with Gasteiger partial charge in [0.25, 0.3) is 0 Å². The lowest BCUT2D eigenvalue weighted by atomic mass is 10.3. The van der Waals surface area contributed by atoms with Crippen LogP contribution >= 0.6 is 0 Å². The first kappa shape index (κ1) is 14.3. The molecule has 1 saturated heterocycles. The van der Waals surface area contributed by atoms with Gasteiger partial charge in [-0.15, -0.1) is 5.10 Å². The second-order valence-corrected chi connectivity index (χ2v) is 5.17. The third-order valence-corrected chi connectivity index (χ3v) is 3.45. The molecule has 1 aliphatic heterocycles. The van der Waals surface area contributed by atoms with E-state index < -0.39 is 0 Å². The average Bonchev–Trinajstić information content (AvgIpc) is 3.19. The van der Waals surface area contributed by atoms with Crippen LogP contribution < -0.4 is 4.74 Å². The Balaban J connectivity index is 1.53. The molecule has 6 heteroatoms. The monoisotopic (exact) mass is 299 g/mol. The first-order chi connectivity index (χ1) is 10.7. The molecule has 1 atom stereocenters. The largest absolute Gasteiger partial charge is 0.471 e. The van der Waals surface area contributed by atoms with Crippen molar-refractivity contribution in [2.24, 2.45) is 0 Å². The first-order valence-corrected chi connectivity index (χ1v) is 7.18. The maximum absolute atomic E-state index is 12.1. The average molecular weight is 299 g/mol. The molecule has 22 heavy (non-hydrogen) atoms. The highest BCUT2D eigenvalue weighted by atomic mass is 16.5. The van der Waals surface area contributed by atoms with Crippen LogP contribution in [0.5, 0.6) is 5.88 Å². The van der Waals surface area contributed by atoms with Crippen LogP contribution in [0.25, 0.3) is 6.08 Å². The van der Waals surface area contributed by atoms with Crippen LogP contribution in [0.4, 0.5) is 0 Å². The van der Waals surface area contributed by atoms with Crippen LogP contribution in [0.15, 0.2) is 41.0 Å². The number of nitrogens with zero attached hydrogens (tertiary/aromatic N) is 3. The molecule has 0 N–H and O–H groups in total. The van der Waals surface area contributed by atoms with Crippen LogP contribution in [-0.2, 0) is 4.79 Å². The van der Waals surface area contributed by atoms with Crippen LogP contribution in [-0.4, -0.2) is 40.2 Å². The summed E-state index contributed by atoms with van der Waals surface area (Å²) in [4.78, 5) is 13.9. The number of likely N-dealkylation sites (tertiary alicyclic amines) is 1. The van der Waals surface area contributed by atoms with Crippen LogP contribution in [0.3, 0.4) is 0 Å². The van der Waals surface area contributed by atoms with E-state index in [1.54, 1.807) is 35.4 Å². The zero-order valence-electron chi connectivity index (χ0n) is 12.3. The number of hydrogen-bond donors (Lipinski definition) is 0. The summed E-state index contributed by atoms with van der Waals surface area (Å²) >= 11 is 0. The van der Waals surface area contributed by atoms with E-state index in [2.05, 4.69) is 10.2 Å². The summed E-state index contributed by atoms with van der Waals surface area (Å²) in [5.41, 5.74) is 0.846. The standard InChI is InChI=1S/C16H17N3O3/c1-12-4-6-15(18-17-12)22-14-8-9-19(11-14)16(20)7-5-13-3-2-10-21-13/h2-7,10,14H,8-9,11H2,1H3/b7-5+. The minimum Gasteiger partial charge on any atom is -0.471 e. The Kier molecular flexibility index (Phi) is 4.18. The molecule has 1 fully saturated rings. The van der Waals surface area contributed by atoms with Crippen molar-refractivity contribution in [3.63, 3.8) is 0 Å². The van der Waals surface area contributed by atoms with Crippen molar-refractivity contribution in [2.45, 2.75) is 19.4 Å². The normalized spacial score (nSPS) is 18.0. The molecule has 2 aromatic heterocycles. The second-order valence-electron chi connectivity index (χ2n) is 5.17. The molecule has 0 bridgehead atoms. The quantitative estimate of drug-likeness (QED) is 0.808. The van der Waals surface area contributed by atoms with Crippen molar-refractivity contribution < 1.29 is 13.9 Å². The Morgan fingerprint density at radius 1 is 1.41 bits per heavy atom.